The van der Waals surface area contributed by atoms with Gasteiger partial charge in [0.05, 0.1) is 29.5 Å². The van der Waals surface area contributed by atoms with Gasteiger partial charge >= 0.3 is 5.92 Å². The fourth-order valence-corrected chi connectivity index (χ4v) is 4.94. The quantitative estimate of drug-likeness (QED) is 0.404. The minimum absolute atomic E-state index is 0.0134. The molecule has 1 aliphatic heterocycles. The summed E-state index contributed by atoms with van der Waals surface area (Å²) >= 11 is 0. The summed E-state index contributed by atoms with van der Waals surface area (Å²) in [5, 5.41) is 7.95. The molecule has 0 radical (unpaired) electrons. The van der Waals surface area contributed by atoms with Crippen LogP contribution in [0.1, 0.15) is 31.9 Å². The highest BCUT2D eigenvalue weighted by molar-refractivity contribution is 5.85. The molecule has 1 fully saturated rings. The molecule has 3 atom stereocenters. The molecule has 1 aromatic heterocycles. The van der Waals surface area contributed by atoms with E-state index in [4.69, 9.17) is 0 Å². The topological polar surface area (TPSA) is 50.2 Å². The number of halogens is 3. The van der Waals surface area contributed by atoms with Crippen LogP contribution in [0.15, 0.2) is 79.0 Å². The predicted molar refractivity (Wildman–Crippen MR) is 129 cm³/mol. The van der Waals surface area contributed by atoms with Crippen molar-refractivity contribution in [3.63, 3.8) is 0 Å². The highest BCUT2D eigenvalue weighted by atomic mass is 19.3. The van der Waals surface area contributed by atoms with Crippen LogP contribution in [0.3, 0.4) is 0 Å². The molecule has 0 bridgehead atoms. The van der Waals surface area contributed by atoms with Gasteiger partial charge in [0.2, 0.25) is 0 Å². The lowest BCUT2D eigenvalue weighted by molar-refractivity contribution is -0.143. The largest absolute Gasteiger partial charge is 0.360 e. The maximum absolute atomic E-state index is 13.7. The van der Waals surface area contributed by atoms with Crippen LogP contribution < -0.4 is 10.2 Å². The van der Waals surface area contributed by atoms with Gasteiger partial charge in [-0.25, -0.2) is 9.07 Å². The Morgan fingerprint density at radius 3 is 2.40 bits per heavy atom. The zero-order valence-electron chi connectivity index (χ0n) is 19.3. The number of aromatic nitrogens is 2. The molecule has 1 N–H and O–H groups in total. The zero-order valence-corrected chi connectivity index (χ0v) is 19.3. The van der Waals surface area contributed by atoms with Crippen molar-refractivity contribution in [1.82, 2.24) is 15.1 Å². The summed E-state index contributed by atoms with van der Waals surface area (Å²) in [7, 11) is 0. The Labute approximate surface area is 201 Å². The average molecular weight is 479 g/mol. The van der Waals surface area contributed by atoms with E-state index in [1.807, 2.05) is 55.5 Å². The van der Waals surface area contributed by atoms with Gasteiger partial charge in [-0.05, 0) is 61.4 Å². The smallest absolute Gasteiger partial charge is 0.321 e. The van der Waals surface area contributed by atoms with Gasteiger partial charge < -0.3 is 10.2 Å². The lowest BCUT2D eigenvalue weighted by Gasteiger charge is -2.33. The first-order valence-corrected chi connectivity index (χ1v) is 11.5. The molecule has 5 nitrogen and oxygen atoms in total. The maximum Gasteiger partial charge on any atom is 0.321 e. The van der Waals surface area contributed by atoms with Crippen LogP contribution in [-0.2, 0) is 4.79 Å². The first-order valence-electron chi connectivity index (χ1n) is 11.5. The van der Waals surface area contributed by atoms with Crippen molar-refractivity contribution >= 4 is 22.5 Å². The van der Waals surface area contributed by atoms with E-state index in [1.165, 1.54) is 12.1 Å². The Morgan fingerprint density at radius 1 is 1.03 bits per heavy atom. The second kappa shape index (κ2) is 8.76. The van der Waals surface area contributed by atoms with Crippen molar-refractivity contribution in [3.8, 4) is 5.69 Å². The Hall–Kier alpha value is -3.81. The predicted octanol–water partition coefficient (Wildman–Crippen LogP) is 5.64. The fourth-order valence-electron chi connectivity index (χ4n) is 4.94. The third-order valence-corrected chi connectivity index (χ3v) is 6.53. The molecule has 1 saturated heterocycles. The second-order valence-corrected chi connectivity index (χ2v) is 9.09. The van der Waals surface area contributed by atoms with Gasteiger partial charge in [-0.2, -0.15) is 13.9 Å². The van der Waals surface area contributed by atoms with Crippen molar-refractivity contribution in [2.45, 2.75) is 44.3 Å². The van der Waals surface area contributed by atoms with E-state index in [0.29, 0.717) is 13.3 Å². The number of anilines is 1. The summed E-state index contributed by atoms with van der Waals surface area (Å²) in [4.78, 5) is 14.3. The molecule has 5 rings (SSSR count). The van der Waals surface area contributed by atoms with E-state index in [2.05, 4.69) is 15.3 Å². The lowest BCUT2D eigenvalue weighted by atomic mass is 9.99. The van der Waals surface area contributed by atoms with Crippen molar-refractivity contribution in [3.05, 3.63) is 90.4 Å². The third-order valence-electron chi connectivity index (χ3n) is 6.53. The first kappa shape index (κ1) is 23.0. The average Bonchev–Trinajstić information content (AvgIpc) is 3.39. The van der Waals surface area contributed by atoms with Crippen LogP contribution in [0.2, 0.25) is 0 Å². The summed E-state index contributed by atoms with van der Waals surface area (Å²) in [5.41, 5.74) is 3.44. The second-order valence-electron chi connectivity index (χ2n) is 9.09. The van der Waals surface area contributed by atoms with Gasteiger partial charge in [-0.15, -0.1) is 0 Å². The summed E-state index contributed by atoms with van der Waals surface area (Å²) in [6.45, 7) is 2.64. The lowest BCUT2D eigenvalue weighted by Crippen LogP contribution is -2.46. The number of hydrogen-bond donors (Lipinski definition) is 1. The standard InChI is InChI=1S/C27H25F3N4O/c1-17-14-23(32-26(35)27(2,29)30)25(18-6-4-3-5-7-18)33(17)22-12-13-24-19(15-22)16-31-34(24)21-10-8-20(28)9-11-21/h3-13,15-17,23,25H,14H2,1-2H3,(H,32,35)/t17-,23?,25-/m1/s1. The monoisotopic (exact) mass is 478 g/mol. The van der Waals surface area contributed by atoms with E-state index in [1.54, 1.807) is 23.0 Å². The molecule has 3 aromatic carbocycles. The number of alkyl halides is 2. The van der Waals surface area contributed by atoms with Crippen LogP contribution in [0, 0.1) is 5.82 Å². The SMILES string of the molecule is C[C@@H]1CC(NC(=O)C(C)(F)F)[C@@H](c2ccccc2)N1c1ccc2c(cnn2-c2ccc(F)cc2)c1. The van der Waals surface area contributed by atoms with Crippen molar-refractivity contribution in [2.75, 3.05) is 4.90 Å². The van der Waals surface area contributed by atoms with E-state index in [9.17, 15) is 18.0 Å². The molecule has 0 aliphatic carbocycles. The molecule has 1 unspecified atom stereocenters. The Bertz CT molecular complexity index is 1350. The third kappa shape index (κ3) is 4.36. The van der Waals surface area contributed by atoms with Crippen LogP contribution in [0.4, 0.5) is 18.9 Å². The minimum atomic E-state index is -3.45. The zero-order chi connectivity index (χ0) is 24.7. The molecule has 1 aliphatic rings. The number of nitrogens with zero attached hydrogens (tertiary/aromatic N) is 3. The Morgan fingerprint density at radius 2 is 1.71 bits per heavy atom. The number of fused-ring (bicyclic) bond motifs is 1. The van der Waals surface area contributed by atoms with Gasteiger partial charge in [0.15, 0.2) is 0 Å². The van der Waals surface area contributed by atoms with Crippen LogP contribution >= 0.6 is 0 Å². The number of carbonyl (C=O) groups is 1. The highest BCUT2D eigenvalue weighted by Gasteiger charge is 2.43. The van der Waals surface area contributed by atoms with Crippen LogP contribution in [0.25, 0.3) is 16.6 Å². The Balaban J connectivity index is 1.53. The normalized spacial score (nSPS) is 20.4. The summed E-state index contributed by atoms with van der Waals surface area (Å²) in [6, 6.07) is 20.8. The van der Waals surface area contributed by atoms with E-state index >= 15 is 0 Å². The van der Waals surface area contributed by atoms with Crippen LogP contribution in [-0.4, -0.2) is 33.7 Å². The molecule has 2 heterocycles. The summed E-state index contributed by atoms with van der Waals surface area (Å²) < 4.78 is 42.5. The van der Waals surface area contributed by atoms with Gasteiger partial charge in [-0.3, -0.25) is 4.79 Å². The van der Waals surface area contributed by atoms with Gasteiger partial charge in [0.1, 0.15) is 5.82 Å². The summed E-state index contributed by atoms with van der Waals surface area (Å²) in [6.07, 6.45) is 2.27. The molecule has 0 spiro atoms. The number of rotatable bonds is 5. The summed E-state index contributed by atoms with van der Waals surface area (Å²) in [5.74, 6) is -5.04. The first-order chi connectivity index (χ1) is 16.7. The number of hydrogen-bond acceptors (Lipinski definition) is 3. The van der Waals surface area contributed by atoms with E-state index in [-0.39, 0.29) is 17.9 Å². The molecule has 4 aromatic rings. The molecule has 8 heteroatoms. The fraction of sp³-hybridized carbons (Fsp3) is 0.259. The van der Waals surface area contributed by atoms with E-state index < -0.39 is 17.9 Å². The van der Waals surface area contributed by atoms with Crippen molar-refractivity contribution in [2.24, 2.45) is 0 Å². The Kier molecular flexibility index (Phi) is 5.75. The van der Waals surface area contributed by atoms with Crippen molar-refractivity contribution in [1.29, 1.82) is 0 Å². The molecular weight excluding hydrogens is 453 g/mol. The van der Waals surface area contributed by atoms with Gasteiger partial charge in [-0.1, -0.05) is 30.3 Å². The van der Waals surface area contributed by atoms with Crippen molar-refractivity contribution < 1.29 is 18.0 Å². The molecular formula is C27H25F3N4O. The van der Waals surface area contributed by atoms with E-state index in [0.717, 1.165) is 27.8 Å². The van der Waals surface area contributed by atoms with Crippen LogP contribution in [0.5, 0.6) is 0 Å². The number of benzene rings is 3. The number of amides is 1. The van der Waals surface area contributed by atoms with Gasteiger partial charge in [0, 0.05) is 24.0 Å². The van der Waals surface area contributed by atoms with Gasteiger partial charge in [0.25, 0.3) is 5.91 Å². The molecule has 35 heavy (non-hydrogen) atoms. The molecule has 1 amide bonds. The number of carbonyl (C=O) groups excluding carboxylic acids is 1. The minimum Gasteiger partial charge on any atom is -0.360 e. The number of nitrogens with one attached hydrogen (secondary N) is 1. The highest BCUT2D eigenvalue weighted by Crippen LogP contribution is 2.41. The maximum atomic E-state index is 13.7. The molecule has 0 saturated carbocycles. The molecule has 180 valence electrons.